The lowest BCUT2D eigenvalue weighted by Crippen LogP contribution is -2.44. The number of hydrogen-bond donors (Lipinski definition) is 1. The van der Waals surface area contributed by atoms with Crippen LogP contribution >= 0.6 is 24.0 Å². The second-order valence-corrected chi connectivity index (χ2v) is 7.31. The van der Waals surface area contributed by atoms with Crippen molar-refractivity contribution in [3.8, 4) is 5.75 Å². The molecule has 5 nitrogen and oxygen atoms in total. The summed E-state index contributed by atoms with van der Waals surface area (Å²) in [6.07, 6.45) is 3.33. The molecule has 28 heavy (non-hydrogen) atoms. The van der Waals surface area contributed by atoms with Crippen LogP contribution in [0.5, 0.6) is 5.75 Å². The van der Waals surface area contributed by atoms with Gasteiger partial charge in [-0.1, -0.05) is 36.5 Å². The summed E-state index contributed by atoms with van der Waals surface area (Å²) in [6.45, 7) is 4.00. The fourth-order valence-electron chi connectivity index (χ4n) is 2.30. The highest BCUT2D eigenvalue weighted by molar-refractivity contribution is 8.26. The molecule has 1 heterocycles. The lowest BCUT2D eigenvalue weighted by molar-refractivity contribution is -0.123. The van der Waals surface area contributed by atoms with Crippen molar-refractivity contribution < 1.29 is 18.7 Å². The number of carbonyl (C=O) groups is 2. The van der Waals surface area contributed by atoms with Gasteiger partial charge in [-0.15, -0.1) is 0 Å². The van der Waals surface area contributed by atoms with Crippen LogP contribution in [0.15, 0.2) is 66.1 Å². The van der Waals surface area contributed by atoms with E-state index in [2.05, 4.69) is 12.0 Å². The zero-order valence-corrected chi connectivity index (χ0v) is 16.2. The summed E-state index contributed by atoms with van der Waals surface area (Å²) in [6, 6.07) is 12.2. The molecule has 142 valence electrons. The molecule has 0 aromatic heterocycles. The maximum absolute atomic E-state index is 13.0. The van der Waals surface area contributed by atoms with E-state index in [1.807, 2.05) is 12.1 Å². The summed E-state index contributed by atoms with van der Waals surface area (Å²) in [5, 5.41) is 1.01. The number of hydrazine groups is 1. The molecule has 0 bridgehead atoms. The standard InChI is InChI=1S/C20H15FN2O3S2/c1-2-11-26-16-9-3-13(4-10-16)12-17-19(25)23(20(27)28-17)22-18(24)14-5-7-15(21)8-6-14/h2-10,12H,1,11H2,(H,22,24)/b17-12+. The lowest BCUT2D eigenvalue weighted by Gasteiger charge is -2.15. The van der Waals surface area contributed by atoms with Gasteiger partial charge in [-0.05, 0) is 60.3 Å². The van der Waals surface area contributed by atoms with Crippen LogP contribution < -0.4 is 10.2 Å². The van der Waals surface area contributed by atoms with Crippen molar-refractivity contribution in [1.82, 2.24) is 10.4 Å². The van der Waals surface area contributed by atoms with Gasteiger partial charge in [0.05, 0.1) is 4.91 Å². The Labute approximate surface area is 170 Å². The van der Waals surface area contributed by atoms with Crippen LogP contribution in [0, 0.1) is 5.82 Å². The summed E-state index contributed by atoms with van der Waals surface area (Å²) < 4.78 is 18.6. The topological polar surface area (TPSA) is 58.6 Å². The minimum Gasteiger partial charge on any atom is -0.490 e. The van der Waals surface area contributed by atoms with Crippen LogP contribution in [0.3, 0.4) is 0 Å². The van der Waals surface area contributed by atoms with Gasteiger partial charge >= 0.3 is 0 Å². The van der Waals surface area contributed by atoms with E-state index in [1.54, 1.807) is 24.3 Å². The van der Waals surface area contributed by atoms with Gasteiger partial charge in [0.2, 0.25) is 0 Å². The van der Waals surface area contributed by atoms with Crippen LogP contribution in [0.1, 0.15) is 15.9 Å². The largest absolute Gasteiger partial charge is 0.490 e. The lowest BCUT2D eigenvalue weighted by atomic mass is 10.2. The third-order valence-electron chi connectivity index (χ3n) is 3.66. The average Bonchev–Trinajstić information content (AvgIpc) is 2.95. The van der Waals surface area contributed by atoms with E-state index >= 15 is 0 Å². The fourth-order valence-corrected chi connectivity index (χ4v) is 3.48. The van der Waals surface area contributed by atoms with Gasteiger partial charge in [0, 0.05) is 5.56 Å². The molecular formula is C20H15FN2O3S2. The Morgan fingerprint density at radius 2 is 1.89 bits per heavy atom. The summed E-state index contributed by atoms with van der Waals surface area (Å²) in [7, 11) is 0. The van der Waals surface area contributed by atoms with E-state index in [-0.39, 0.29) is 9.88 Å². The first kappa shape index (κ1) is 19.8. The SMILES string of the molecule is C=CCOc1ccc(/C=C2/SC(=S)N(NC(=O)c3ccc(F)cc3)C2=O)cc1. The maximum Gasteiger partial charge on any atom is 0.285 e. The molecule has 1 N–H and O–H groups in total. The number of benzene rings is 2. The first-order valence-electron chi connectivity index (χ1n) is 8.16. The Morgan fingerprint density at radius 1 is 1.21 bits per heavy atom. The predicted octanol–water partition coefficient (Wildman–Crippen LogP) is 3.94. The molecule has 0 unspecified atom stereocenters. The number of amides is 2. The molecule has 1 aliphatic heterocycles. The van der Waals surface area contributed by atoms with E-state index in [9.17, 15) is 14.0 Å². The predicted molar refractivity (Wildman–Crippen MR) is 111 cm³/mol. The molecule has 2 aromatic rings. The molecule has 0 aliphatic carbocycles. The minimum atomic E-state index is -0.554. The second kappa shape index (κ2) is 8.81. The van der Waals surface area contributed by atoms with Crippen LogP contribution in [-0.4, -0.2) is 27.8 Å². The molecule has 3 rings (SSSR count). The van der Waals surface area contributed by atoms with Crippen molar-refractivity contribution >= 4 is 46.2 Å². The molecule has 1 aliphatic rings. The number of rotatable bonds is 6. The molecule has 1 saturated heterocycles. The molecule has 0 spiro atoms. The van der Waals surface area contributed by atoms with Crippen molar-refractivity contribution in [1.29, 1.82) is 0 Å². The molecular weight excluding hydrogens is 399 g/mol. The van der Waals surface area contributed by atoms with Crippen LogP contribution in [-0.2, 0) is 4.79 Å². The van der Waals surface area contributed by atoms with Gasteiger partial charge in [0.15, 0.2) is 4.32 Å². The van der Waals surface area contributed by atoms with Gasteiger partial charge in [-0.25, -0.2) is 4.39 Å². The minimum absolute atomic E-state index is 0.206. The first-order chi connectivity index (χ1) is 13.5. The zero-order chi connectivity index (χ0) is 20.1. The Kier molecular flexibility index (Phi) is 6.23. The van der Waals surface area contributed by atoms with Crippen molar-refractivity contribution in [2.75, 3.05) is 6.61 Å². The summed E-state index contributed by atoms with van der Waals surface area (Å²) in [4.78, 5) is 25.2. The quantitative estimate of drug-likeness (QED) is 0.441. The third-order valence-corrected chi connectivity index (χ3v) is 4.96. The van der Waals surface area contributed by atoms with Crippen molar-refractivity contribution in [3.05, 3.63) is 83.0 Å². The number of halogens is 1. The normalized spacial score (nSPS) is 15.0. The molecule has 0 atom stereocenters. The number of nitrogens with one attached hydrogen (secondary N) is 1. The van der Waals surface area contributed by atoms with Crippen molar-refractivity contribution in [2.45, 2.75) is 0 Å². The zero-order valence-electron chi connectivity index (χ0n) is 14.6. The van der Waals surface area contributed by atoms with Crippen LogP contribution in [0.25, 0.3) is 6.08 Å². The second-order valence-electron chi connectivity index (χ2n) is 5.63. The monoisotopic (exact) mass is 414 g/mol. The molecule has 0 radical (unpaired) electrons. The van der Waals surface area contributed by atoms with Gasteiger partial charge in [-0.3, -0.25) is 15.0 Å². The Bertz CT molecular complexity index is 956. The molecule has 0 saturated carbocycles. The van der Waals surface area contributed by atoms with E-state index in [0.29, 0.717) is 17.3 Å². The van der Waals surface area contributed by atoms with Gasteiger partial charge in [-0.2, -0.15) is 5.01 Å². The molecule has 2 aromatic carbocycles. The molecule has 8 heteroatoms. The van der Waals surface area contributed by atoms with E-state index in [4.69, 9.17) is 17.0 Å². The fraction of sp³-hybridized carbons (Fsp3) is 0.0500. The van der Waals surface area contributed by atoms with E-state index in [0.717, 1.165) is 22.3 Å². The Balaban J connectivity index is 1.70. The number of ether oxygens (including phenoxy) is 1. The summed E-state index contributed by atoms with van der Waals surface area (Å²) >= 11 is 6.28. The summed E-state index contributed by atoms with van der Waals surface area (Å²) in [5.74, 6) is -0.749. The third kappa shape index (κ3) is 4.65. The Hall–Kier alpha value is -2.97. The van der Waals surface area contributed by atoms with Crippen molar-refractivity contribution in [2.24, 2.45) is 0 Å². The smallest absolute Gasteiger partial charge is 0.285 e. The number of carbonyl (C=O) groups excluding carboxylic acids is 2. The van der Waals surface area contributed by atoms with Gasteiger partial charge < -0.3 is 4.74 Å². The number of thioether (sulfide) groups is 1. The van der Waals surface area contributed by atoms with Crippen LogP contribution in [0.4, 0.5) is 4.39 Å². The van der Waals surface area contributed by atoms with E-state index in [1.165, 1.54) is 24.3 Å². The number of hydrogen-bond acceptors (Lipinski definition) is 5. The highest BCUT2D eigenvalue weighted by Gasteiger charge is 2.33. The molecule has 2 amide bonds. The maximum atomic E-state index is 13.0. The first-order valence-corrected chi connectivity index (χ1v) is 9.38. The van der Waals surface area contributed by atoms with Crippen LogP contribution in [0.2, 0.25) is 0 Å². The molecule has 1 fully saturated rings. The number of nitrogens with zero attached hydrogens (tertiary/aromatic N) is 1. The van der Waals surface area contributed by atoms with Crippen molar-refractivity contribution in [3.63, 3.8) is 0 Å². The average molecular weight is 414 g/mol. The highest BCUT2D eigenvalue weighted by Crippen LogP contribution is 2.31. The highest BCUT2D eigenvalue weighted by atomic mass is 32.2. The summed E-state index contributed by atoms with van der Waals surface area (Å²) in [5.41, 5.74) is 3.46. The Morgan fingerprint density at radius 3 is 2.54 bits per heavy atom. The van der Waals surface area contributed by atoms with Gasteiger partial charge in [0.25, 0.3) is 11.8 Å². The van der Waals surface area contributed by atoms with Gasteiger partial charge in [0.1, 0.15) is 18.2 Å². The van der Waals surface area contributed by atoms with E-state index < -0.39 is 17.6 Å². The number of thiocarbonyl (C=S) groups is 1.